The lowest BCUT2D eigenvalue weighted by atomic mass is 9.98. The van der Waals surface area contributed by atoms with Gasteiger partial charge in [-0.05, 0) is 38.7 Å². The van der Waals surface area contributed by atoms with Crippen molar-refractivity contribution >= 4 is 0 Å². The van der Waals surface area contributed by atoms with Crippen LogP contribution in [0.15, 0.2) is 18.2 Å². The highest BCUT2D eigenvalue weighted by molar-refractivity contribution is 5.50. The number of fused-ring (bicyclic) bond motifs is 1. The summed E-state index contributed by atoms with van der Waals surface area (Å²) in [6, 6.07) is 8.10. The maximum atomic E-state index is 9.26. The van der Waals surface area contributed by atoms with E-state index in [4.69, 9.17) is 15.2 Å². The van der Waals surface area contributed by atoms with Gasteiger partial charge in [-0.25, -0.2) is 0 Å². The second-order valence-corrected chi connectivity index (χ2v) is 6.50. The number of ether oxygens (including phenoxy) is 2. The van der Waals surface area contributed by atoms with Crippen LogP contribution in [0.25, 0.3) is 0 Å². The second-order valence-electron chi connectivity index (χ2n) is 6.50. The number of benzene rings is 1. The average Bonchev–Trinajstić information content (AvgIpc) is 3.19. The van der Waals surface area contributed by atoms with E-state index < -0.39 is 5.54 Å². The number of rotatable bonds is 4. The van der Waals surface area contributed by atoms with Gasteiger partial charge in [0.1, 0.15) is 17.7 Å². The summed E-state index contributed by atoms with van der Waals surface area (Å²) in [5, 5.41) is 9.26. The van der Waals surface area contributed by atoms with Crippen LogP contribution < -0.4 is 15.2 Å². The quantitative estimate of drug-likeness (QED) is 0.914. The number of nitrogens with zero attached hydrogens (tertiary/aromatic N) is 1. The van der Waals surface area contributed by atoms with Crippen LogP contribution in [0.1, 0.15) is 32.3 Å². The van der Waals surface area contributed by atoms with Crippen molar-refractivity contribution in [1.29, 1.82) is 5.26 Å². The van der Waals surface area contributed by atoms with E-state index in [0.29, 0.717) is 5.75 Å². The molecule has 1 aliphatic carbocycles. The maximum Gasteiger partial charge on any atom is 0.165 e. The first-order valence-corrected chi connectivity index (χ1v) is 7.07. The van der Waals surface area contributed by atoms with E-state index in [1.54, 1.807) is 0 Å². The summed E-state index contributed by atoms with van der Waals surface area (Å²) in [5.74, 6) is 1.76. The Bertz CT molecular complexity index is 572. The summed E-state index contributed by atoms with van der Waals surface area (Å²) >= 11 is 0. The molecule has 2 N–H and O–H groups in total. The molecule has 1 fully saturated rings. The van der Waals surface area contributed by atoms with Gasteiger partial charge in [0.05, 0.1) is 6.07 Å². The van der Waals surface area contributed by atoms with Crippen LogP contribution in [0, 0.1) is 17.2 Å². The van der Waals surface area contributed by atoms with Crippen LogP contribution >= 0.6 is 0 Å². The molecule has 1 aliphatic heterocycles. The molecule has 2 aliphatic rings. The number of nitriles is 1. The van der Waals surface area contributed by atoms with E-state index in [2.05, 4.69) is 26.0 Å². The summed E-state index contributed by atoms with van der Waals surface area (Å²) in [7, 11) is 0. The lowest BCUT2D eigenvalue weighted by Crippen LogP contribution is -2.46. The number of para-hydroxylation sites is 1. The van der Waals surface area contributed by atoms with Gasteiger partial charge in [0.2, 0.25) is 0 Å². The number of hydrogen-bond donors (Lipinski definition) is 1. The standard InChI is InChI=1S/C16H20N2O2/c1-15(2)8-11-4-3-5-13(14(11)20-15)19-10-16(18,9-17)12-6-7-12/h3-5,12H,6-8,10,18H2,1-2H3. The van der Waals surface area contributed by atoms with E-state index in [9.17, 15) is 5.26 Å². The average molecular weight is 272 g/mol. The van der Waals surface area contributed by atoms with Gasteiger partial charge in [-0.3, -0.25) is 0 Å². The molecule has 1 saturated carbocycles. The van der Waals surface area contributed by atoms with Crippen molar-refractivity contribution in [2.75, 3.05) is 6.61 Å². The molecule has 1 heterocycles. The molecule has 1 atom stereocenters. The van der Waals surface area contributed by atoms with Gasteiger partial charge in [-0.2, -0.15) is 5.26 Å². The van der Waals surface area contributed by atoms with Gasteiger partial charge >= 0.3 is 0 Å². The van der Waals surface area contributed by atoms with Gasteiger partial charge in [0.15, 0.2) is 11.5 Å². The highest BCUT2D eigenvalue weighted by Gasteiger charge is 2.44. The molecular formula is C16H20N2O2. The summed E-state index contributed by atoms with van der Waals surface area (Å²) in [6.45, 7) is 4.33. The lowest BCUT2D eigenvalue weighted by Gasteiger charge is -2.23. The zero-order chi connectivity index (χ0) is 14.4. The molecular weight excluding hydrogens is 252 g/mol. The smallest absolute Gasteiger partial charge is 0.165 e. The molecule has 1 aromatic carbocycles. The van der Waals surface area contributed by atoms with Crippen molar-refractivity contribution in [3.05, 3.63) is 23.8 Å². The molecule has 0 spiro atoms. The first kappa shape index (κ1) is 13.3. The molecule has 0 saturated heterocycles. The van der Waals surface area contributed by atoms with Crippen molar-refractivity contribution in [3.63, 3.8) is 0 Å². The monoisotopic (exact) mass is 272 g/mol. The first-order valence-electron chi connectivity index (χ1n) is 7.07. The van der Waals surface area contributed by atoms with Crippen LogP contribution in [0.4, 0.5) is 0 Å². The Morgan fingerprint density at radius 2 is 2.25 bits per heavy atom. The summed E-state index contributed by atoms with van der Waals surface area (Å²) in [6.07, 6.45) is 2.90. The highest BCUT2D eigenvalue weighted by Crippen LogP contribution is 2.43. The summed E-state index contributed by atoms with van der Waals surface area (Å²) in [4.78, 5) is 0. The van der Waals surface area contributed by atoms with Crippen molar-refractivity contribution < 1.29 is 9.47 Å². The predicted molar refractivity (Wildman–Crippen MR) is 75.6 cm³/mol. The zero-order valence-corrected chi connectivity index (χ0v) is 12.0. The third-order valence-electron chi connectivity index (χ3n) is 4.04. The summed E-state index contributed by atoms with van der Waals surface area (Å²) in [5.41, 5.74) is 6.19. The fourth-order valence-corrected chi connectivity index (χ4v) is 2.74. The van der Waals surface area contributed by atoms with E-state index in [1.165, 1.54) is 0 Å². The molecule has 0 radical (unpaired) electrons. The first-order chi connectivity index (χ1) is 9.43. The Morgan fingerprint density at radius 1 is 1.50 bits per heavy atom. The van der Waals surface area contributed by atoms with Crippen molar-refractivity contribution in [1.82, 2.24) is 0 Å². The minimum absolute atomic E-state index is 0.201. The van der Waals surface area contributed by atoms with Crippen LogP contribution in [-0.2, 0) is 6.42 Å². The SMILES string of the molecule is CC1(C)Cc2cccc(OCC(N)(C#N)C3CC3)c2O1. The molecule has 3 rings (SSSR count). The molecule has 0 bridgehead atoms. The predicted octanol–water partition coefficient (Wildman–Crippen LogP) is 2.41. The fraction of sp³-hybridized carbons (Fsp3) is 0.562. The third kappa shape index (κ3) is 2.34. The maximum absolute atomic E-state index is 9.26. The Labute approximate surface area is 119 Å². The van der Waals surface area contributed by atoms with Gasteiger partial charge in [0.25, 0.3) is 0 Å². The molecule has 4 nitrogen and oxygen atoms in total. The molecule has 0 aromatic heterocycles. The molecule has 20 heavy (non-hydrogen) atoms. The topological polar surface area (TPSA) is 68.3 Å². The summed E-state index contributed by atoms with van der Waals surface area (Å²) < 4.78 is 11.8. The van der Waals surface area contributed by atoms with Crippen LogP contribution in [-0.4, -0.2) is 17.7 Å². The number of nitrogens with two attached hydrogens (primary N) is 1. The molecule has 0 amide bonds. The van der Waals surface area contributed by atoms with Crippen LogP contribution in [0.3, 0.4) is 0 Å². The Hall–Kier alpha value is -1.73. The minimum atomic E-state index is -0.878. The van der Waals surface area contributed by atoms with Crippen LogP contribution in [0.5, 0.6) is 11.5 Å². The van der Waals surface area contributed by atoms with Crippen molar-refractivity contribution in [2.45, 2.75) is 44.2 Å². The van der Waals surface area contributed by atoms with Gasteiger partial charge in [-0.1, -0.05) is 12.1 Å². The Kier molecular flexibility index (Phi) is 2.91. The highest BCUT2D eigenvalue weighted by atomic mass is 16.5. The zero-order valence-electron chi connectivity index (χ0n) is 12.0. The van der Waals surface area contributed by atoms with E-state index >= 15 is 0 Å². The molecule has 1 unspecified atom stereocenters. The van der Waals surface area contributed by atoms with Crippen molar-refractivity contribution in [3.8, 4) is 17.6 Å². The largest absolute Gasteiger partial charge is 0.487 e. The van der Waals surface area contributed by atoms with Crippen molar-refractivity contribution in [2.24, 2.45) is 11.7 Å². The third-order valence-corrected chi connectivity index (χ3v) is 4.04. The van der Waals surface area contributed by atoms with E-state index in [0.717, 1.165) is 30.6 Å². The Morgan fingerprint density at radius 3 is 2.90 bits per heavy atom. The Balaban J connectivity index is 1.77. The van der Waals surface area contributed by atoms with Gasteiger partial charge in [-0.15, -0.1) is 0 Å². The molecule has 106 valence electrons. The van der Waals surface area contributed by atoms with Gasteiger partial charge < -0.3 is 15.2 Å². The normalized spacial score (nSPS) is 22.3. The number of hydrogen-bond acceptors (Lipinski definition) is 4. The van der Waals surface area contributed by atoms with Crippen LogP contribution in [0.2, 0.25) is 0 Å². The van der Waals surface area contributed by atoms with E-state index in [1.807, 2.05) is 12.1 Å². The lowest BCUT2D eigenvalue weighted by molar-refractivity contribution is 0.129. The fourth-order valence-electron chi connectivity index (χ4n) is 2.74. The van der Waals surface area contributed by atoms with Gasteiger partial charge in [0, 0.05) is 12.0 Å². The second kappa shape index (κ2) is 4.39. The minimum Gasteiger partial charge on any atom is -0.487 e. The van der Waals surface area contributed by atoms with E-state index in [-0.39, 0.29) is 18.1 Å². The molecule has 1 aromatic rings. The molecule has 4 heteroatoms.